The fourth-order valence-corrected chi connectivity index (χ4v) is 5.41. The van der Waals surface area contributed by atoms with Gasteiger partial charge >= 0.3 is 6.18 Å². The Labute approximate surface area is 212 Å². The van der Waals surface area contributed by atoms with Gasteiger partial charge in [0.05, 0.1) is 21.8 Å². The van der Waals surface area contributed by atoms with E-state index in [9.17, 15) is 22.7 Å². The van der Waals surface area contributed by atoms with E-state index in [0.29, 0.717) is 18.5 Å². The molecule has 4 atom stereocenters. The van der Waals surface area contributed by atoms with Crippen molar-refractivity contribution in [3.8, 4) is 5.75 Å². The number of anilines is 1. The number of aliphatic hydroxyl groups is 1. The second-order valence-electron chi connectivity index (χ2n) is 9.13. The van der Waals surface area contributed by atoms with E-state index in [4.69, 9.17) is 27.9 Å². The largest absolute Gasteiger partial charge is 0.487 e. The van der Waals surface area contributed by atoms with Crippen LogP contribution in [-0.4, -0.2) is 36.3 Å². The second-order valence-corrected chi connectivity index (χ2v) is 9.94. The van der Waals surface area contributed by atoms with Crippen molar-refractivity contribution in [3.05, 3.63) is 57.8 Å². The smallest absolute Gasteiger partial charge is 0.420 e. The molecule has 0 bridgehead atoms. The fourth-order valence-electron chi connectivity index (χ4n) is 4.71. The highest BCUT2D eigenvalue weighted by atomic mass is 35.5. The molecule has 1 aliphatic rings. The molecule has 0 spiro atoms. The molecule has 3 rings (SSSR count). The van der Waals surface area contributed by atoms with Crippen LogP contribution in [0.3, 0.4) is 0 Å². The highest BCUT2D eigenvalue weighted by Crippen LogP contribution is 2.45. The van der Waals surface area contributed by atoms with Crippen molar-refractivity contribution in [3.63, 3.8) is 0 Å². The first kappa shape index (κ1) is 27.6. The Morgan fingerprint density at radius 1 is 1.09 bits per heavy atom. The van der Waals surface area contributed by atoms with Gasteiger partial charge in [0.25, 0.3) is 0 Å². The Balaban J connectivity index is 1.83. The summed E-state index contributed by atoms with van der Waals surface area (Å²) in [5, 5.41) is 16.8. The maximum atomic E-state index is 14.2. The van der Waals surface area contributed by atoms with Crippen molar-refractivity contribution >= 4 is 35.6 Å². The molecule has 1 N–H and O–H groups in total. The molecule has 0 aliphatic heterocycles. The van der Waals surface area contributed by atoms with Crippen LogP contribution in [0, 0.1) is 24.6 Å². The monoisotopic (exact) mass is 534 g/mol. The van der Waals surface area contributed by atoms with Gasteiger partial charge < -0.3 is 9.84 Å². The molecule has 0 radical (unpaired) electrons. The van der Waals surface area contributed by atoms with Gasteiger partial charge in [-0.25, -0.2) is 4.39 Å². The lowest BCUT2D eigenvalue weighted by Crippen LogP contribution is -2.55. The molecular formula is C25H28Cl2F4N2O2. The lowest BCUT2D eigenvalue weighted by Gasteiger charge is -2.37. The molecule has 1 fully saturated rings. The second kappa shape index (κ2) is 10.9. The normalized spacial score (nSPS) is 22.7. The van der Waals surface area contributed by atoms with Crippen molar-refractivity contribution in [1.29, 1.82) is 0 Å². The number of hydrazone groups is 1. The quantitative estimate of drug-likeness (QED) is 0.174. The average molecular weight is 535 g/mol. The van der Waals surface area contributed by atoms with Crippen molar-refractivity contribution in [2.75, 3.05) is 11.6 Å². The summed E-state index contributed by atoms with van der Waals surface area (Å²) in [6.07, 6.45) is -4.03. The van der Waals surface area contributed by atoms with Crippen LogP contribution in [0.2, 0.25) is 10.0 Å². The van der Waals surface area contributed by atoms with E-state index < -0.39 is 30.1 Å². The van der Waals surface area contributed by atoms with Crippen LogP contribution in [0.25, 0.3) is 0 Å². The summed E-state index contributed by atoms with van der Waals surface area (Å²) in [4.78, 5) is 0. The minimum Gasteiger partial charge on any atom is -0.487 e. The number of alkyl halides is 3. The molecule has 1 aliphatic carbocycles. The Morgan fingerprint density at radius 2 is 1.66 bits per heavy atom. The highest BCUT2D eigenvalue weighted by molar-refractivity contribution is 6.37. The summed E-state index contributed by atoms with van der Waals surface area (Å²) in [6.45, 7) is 6.22. The molecule has 2 aromatic carbocycles. The minimum absolute atomic E-state index is 0.0602. The lowest BCUT2D eigenvalue weighted by molar-refractivity contribution is -0.289. The zero-order valence-corrected chi connectivity index (χ0v) is 21.0. The molecule has 35 heavy (non-hydrogen) atoms. The van der Waals surface area contributed by atoms with Gasteiger partial charge in [-0.3, -0.25) is 5.01 Å². The first-order valence-electron chi connectivity index (χ1n) is 11.3. The van der Waals surface area contributed by atoms with Gasteiger partial charge in [-0.1, -0.05) is 30.1 Å². The lowest BCUT2D eigenvalue weighted by atomic mass is 9.81. The van der Waals surface area contributed by atoms with Gasteiger partial charge in [0.15, 0.2) is 11.4 Å². The van der Waals surface area contributed by atoms with E-state index >= 15 is 0 Å². The van der Waals surface area contributed by atoms with Crippen LogP contribution < -0.4 is 9.75 Å². The number of nitrogens with zero attached hydrogens (tertiary/aromatic N) is 2. The summed E-state index contributed by atoms with van der Waals surface area (Å²) >= 11 is 12.3. The highest BCUT2D eigenvalue weighted by Gasteiger charge is 2.59. The maximum Gasteiger partial charge on any atom is 0.420 e. The van der Waals surface area contributed by atoms with E-state index in [-0.39, 0.29) is 40.6 Å². The predicted molar refractivity (Wildman–Crippen MR) is 131 cm³/mol. The third-order valence-corrected chi connectivity index (χ3v) is 7.30. The van der Waals surface area contributed by atoms with Crippen LogP contribution in [0.15, 0.2) is 41.5 Å². The molecule has 2 aromatic rings. The molecule has 4 unspecified atom stereocenters. The first-order valence-corrected chi connectivity index (χ1v) is 12.0. The third kappa shape index (κ3) is 6.04. The summed E-state index contributed by atoms with van der Waals surface area (Å²) < 4.78 is 61.5. The number of aryl methyl sites for hydroxylation is 1. The number of hydrogen-bond donors (Lipinski definition) is 1. The summed E-state index contributed by atoms with van der Waals surface area (Å²) in [5.74, 6) is -1.69. The molecule has 1 saturated carbocycles. The zero-order chi connectivity index (χ0) is 26.0. The van der Waals surface area contributed by atoms with Gasteiger partial charge in [0, 0.05) is 12.6 Å². The average Bonchev–Trinajstić information content (AvgIpc) is 2.96. The summed E-state index contributed by atoms with van der Waals surface area (Å²) in [7, 11) is 0. The summed E-state index contributed by atoms with van der Waals surface area (Å²) in [6, 6.07) is 8.46. The molecule has 0 aromatic heterocycles. The Bertz CT molecular complexity index is 1010. The van der Waals surface area contributed by atoms with Gasteiger partial charge in [0.1, 0.15) is 12.4 Å². The van der Waals surface area contributed by atoms with E-state index in [2.05, 4.69) is 11.8 Å². The number of halogens is 6. The Kier molecular flexibility index (Phi) is 8.60. The molecule has 4 nitrogen and oxygen atoms in total. The van der Waals surface area contributed by atoms with Gasteiger partial charge in [-0.2, -0.15) is 18.3 Å². The topological polar surface area (TPSA) is 45.1 Å². The van der Waals surface area contributed by atoms with Gasteiger partial charge in [0.2, 0.25) is 0 Å². The van der Waals surface area contributed by atoms with Crippen LogP contribution in [0.4, 0.5) is 23.2 Å². The van der Waals surface area contributed by atoms with Gasteiger partial charge in [-0.15, -0.1) is 0 Å². The standard InChI is InChI=1S/C25H28Cl2F4N2O2/c1-15-12-20(26)23(21(27)13-15)35-14-24(34,25(29,30)31)17-5-4-16(2)22(11-6-17)33(32-3)19-9-7-18(28)8-10-19/h7-10,12-13,16-17,22,34H,3-6,11,14H2,1-2H3. The van der Waals surface area contributed by atoms with Crippen molar-refractivity contribution < 1.29 is 27.4 Å². The Hall–Kier alpha value is -2.03. The van der Waals surface area contributed by atoms with E-state index in [1.165, 1.54) is 24.3 Å². The maximum absolute atomic E-state index is 14.2. The SMILES string of the molecule is C=NN(c1ccc(F)cc1)C1CCC(C(O)(COc2c(Cl)cc(C)cc2Cl)C(F)(F)F)CCC1C. The fraction of sp³-hybridized carbons (Fsp3) is 0.480. The van der Waals surface area contributed by atoms with Crippen LogP contribution in [-0.2, 0) is 0 Å². The molecular weight excluding hydrogens is 507 g/mol. The molecule has 0 heterocycles. The van der Waals surface area contributed by atoms with Crippen LogP contribution in [0.5, 0.6) is 5.75 Å². The van der Waals surface area contributed by atoms with Gasteiger partial charge in [-0.05, 0) is 80.5 Å². The van der Waals surface area contributed by atoms with Crippen LogP contribution >= 0.6 is 23.2 Å². The Morgan fingerprint density at radius 3 is 2.20 bits per heavy atom. The summed E-state index contributed by atoms with van der Waals surface area (Å²) in [5.41, 5.74) is -1.79. The van der Waals surface area contributed by atoms with Crippen molar-refractivity contribution in [2.45, 2.75) is 57.3 Å². The van der Waals surface area contributed by atoms with Crippen molar-refractivity contribution in [2.24, 2.45) is 16.9 Å². The number of benzene rings is 2. The number of rotatable bonds is 7. The third-order valence-electron chi connectivity index (χ3n) is 6.74. The molecule has 0 saturated heterocycles. The van der Waals surface area contributed by atoms with Crippen LogP contribution in [0.1, 0.15) is 38.2 Å². The minimum atomic E-state index is -4.95. The van der Waals surface area contributed by atoms with E-state index in [1.807, 2.05) is 6.92 Å². The first-order chi connectivity index (χ1) is 16.4. The van der Waals surface area contributed by atoms with E-state index in [1.54, 1.807) is 24.1 Å². The molecule has 192 valence electrons. The number of ether oxygens (including phenoxy) is 1. The molecule has 10 heteroatoms. The predicted octanol–water partition coefficient (Wildman–Crippen LogP) is 7.43. The molecule has 0 amide bonds. The number of hydrogen-bond acceptors (Lipinski definition) is 4. The van der Waals surface area contributed by atoms with Crippen molar-refractivity contribution in [1.82, 2.24) is 0 Å². The van der Waals surface area contributed by atoms with E-state index in [0.717, 1.165) is 5.56 Å². The zero-order valence-electron chi connectivity index (χ0n) is 19.5.